The van der Waals surface area contributed by atoms with Gasteiger partial charge in [-0.15, -0.1) is 0 Å². The highest BCUT2D eigenvalue weighted by Gasteiger charge is 2.14. The van der Waals surface area contributed by atoms with Gasteiger partial charge in [-0.25, -0.2) is 8.78 Å². The molecule has 0 bridgehead atoms. The van der Waals surface area contributed by atoms with Crippen LogP contribution in [0.4, 0.5) is 8.78 Å². The monoisotopic (exact) mass is 257 g/mol. The molecule has 1 rings (SSSR count). The fraction of sp³-hybridized carbons (Fsp3) is 0.571. The minimum absolute atomic E-state index is 0.114. The normalized spacial score (nSPS) is 11.6. The topological polar surface area (TPSA) is 35.2 Å². The highest BCUT2D eigenvalue weighted by Crippen LogP contribution is 2.23. The SMILES string of the molecule is CC(C)(CN)CCCCOc1c(F)cccc1F. The molecule has 2 nitrogen and oxygen atoms in total. The second-order valence-corrected chi connectivity index (χ2v) is 5.22. The lowest BCUT2D eigenvalue weighted by Gasteiger charge is -2.21. The third-order valence-corrected chi connectivity index (χ3v) is 2.97. The summed E-state index contributed by atoms with van der Waals surface area (Å²) in [6.07, 6.45) is 2.67. The predicted octanol–water partition coefficient (Wildman–Crippen LogP) is 3.50. The summed E-state index contributed by atoms with van der Waals surface area (Å²) < 4.78 is 31.6. The van der Waals surface area contributed by atoms with Crippen LogP contribution in [0, 0.1) is 17.0 Å². The lowest BCUT2D eigenvalue weighted by Crippen LogP contribution is -2.23. The molecule has 4 heteroatoms. The summed E-state index contributed by atoms with van der Waals surface area (Å²) in [5, 5.41) is 0. The van der Waals surface area contributed by atoms with E-state index in [0.717, 1.165) is 19.3 Å². The van der Waals surface area contributed by atoms with Crippen molar-refractivity contribution in [1.29, 1.82) is 0 Å². The van der Waals surface area contributed by atoms with Gasteiger partial charge in [-0.3, -0.25) is 0 Å². The Morgan fingerprint density at radius 1 is 1.17 bits per heavy atom. The molecule has 0 saturated heterocycles. The van der Waals surface area contributed by atoms with Gasteiger partial charge in [0.15, 0.2) is 17.4 Å². The van der Waals surface area contributed by atoms with E-state index in [4.69, 9.17) is 10.5 Å². The Morgan fingerprint density at radius 2 is 1.78 bits per heavy atom. The number of hydrogen-bond acceptors (Lipinski definition) is 2. The number of halogens is 2. The molecule has 0 heterocycles. The van der Waals surface area contributed by atoms with Crippen molar-refractivity contribution in [1.82, 2.24) is 0 Å². The van der Waals surface area contributed by atoms with Crippen molar-refractivity contribution in [3.05, 3.63) is 29.8 Å². The molecule has 0 spiro atoms. The van der Waals surface area contributed by atoms with Crippen LogP contribution in [0.25, 0.3) is 0 Å². The Bertz CT molecular complexity index is 360. The number of para-hydroxylation sites is 1. The van der Waals surface area contributed by atoms with Crippen molar-refractivity contribution in [2.45, 2.75) is 33.1 Å². The van der Waals surface area contributed by atoms with Gasteiger partial charge in [0.1, 0.15) is 0 Å². The molecule has 2 N–H and O–H groups in total. The van der Waals surface area contributed by atoms with Gasteiger partial charge >= 0.3 is 0 Å². The van der Waals surface area contributed by atoms with Crippen LogP contribution in [-0.4, -0.2) is 13.2 Å². The van der Waals surface area contributed by atoms with Crippen LogP contribution in [0.2, 0.25) is 0 Å². The number of hydrogen-bond donors (Lipinski definition) is 1. The van der Waals surface area contributed by atoms with Crippen molar-refractivity contribution in [2.75, 3.05) is 13.2 Å². The van der Waals surface area contributed by atoms with Crippen molar-refractivity contribution in [3.8, 4) is 5.75 Å². The molecule has 102 valence electrons. The molecular formula is C14H21F2NO. The standard InChI is InChI=1S/C14H21F2NO/c1-14(2,10-17)8-3-4-9-18-13-11(15)6-5-7-12(13)16/h5-7H,3-4,8-10,17H2,1-2H3. The molecule has 0 aliphatic carbocycles. The molecule has 0 aromatic heterocycles. The maximum Gasteiger partial charge on any atom is 0.190 e. The average molecular weight is 257 g/mol. The molecule has 0 aliphatic heterocycles. The predicted molar refractivity (Wildman–Crippen MR) is 68.5 cm³/mol. The Morgan fingerprint density at radius 3 is 2.33 bits per heavy atom. The van der Waals surface area contributed by atoms with Gasteiger partial charge in [0.25, 0.3) is 0 Å². The molecule has 0 aliphatic rings. The van der Waals surface area contributed by atoms with E-state index in [-0.39, 0.29) is 11.2 Å². The maximum atomic E-state index is 13.2. The van der Waals surface area contributed by atoms with Gasteiger partial charge in [-0.2, -0.15) is 0 Å². The van der Waals surface area contributed by atoms with Crippen LogP contribution in [0.5, 0.6) is 5.75 Å². The van der Waals surface area contributed by atoms with Crippen molar-refractivity contribution in [3.63, 3.8) is 0 Å². The van der Waals surface area contributed by atoms with E-state index < -0.39 is 11.6 Å². The number of rotatable bonds is 7. The molecule has 0 atom stereocenters. The lowest BCUT2D eigenvalue weighted by atomic mass is 9.87. The summed E-state index contributed by atoms with van der Waals surface area (Å²) in [5.74, 6) is -1.59. The van der Waals surface area contributed by atoms with Crippen LogP contribution in [0.1, 0.15) is 33.1 Å². The zero-order valence-corrected chi connectivity index (χ0v) is 11.0. The molecule has 1 aromatic carbocycles. The Hall–Kier alpha value is -1.16. The first-order valence-electron chi connectivity index (χ1n) is 6.23. The van der Waals surface area contributed by atoms with Crippen LogP contribution >= 0.6 is 0 Å². The summed E-state index contributed by atoms with van der Waals surface area (Å²) in [4.78, 5) is 0. The largest absolute Gasteiger partial charge is 0.488 e. The zero-order chi connectivity index (χ0) is 13.6. The molecule has 1 aromatic rings. The Balaban J connectivity index is 2.30. The second kappa shape index (κ2) is 6.69. The van der Waals surface area contributed by atoms with Gasteiger partial charge in [-0.05, 0) is 43.4 Å². The van der Waals surface area contributed by atoms with Crippen LogP contribution in [-0.2, 0) is 0 Å². The minimum atomic E-state index is -0.655. The number of unbranched alkanes of at least 4 members (excludes halogenated alkanes) is 1. The smallest absolute Gasteiger partial charge is 0.190 e. The highest BCUT2D eigenvalue weighted by atomic mass is 19.1. The van der Waals surface area contributed by atoms with Crippen LogP contribution in [0.3, 0.4) is 0 Å². The van der Waals surface area contributed by atoms with E-state index in [1.165, 1.54) is 18.2 Å². The third-order valence-electron chi connectivity index (χ3n) is 2.97. The Labute approximate surface area is 107 Å². The molecule has 18 heavy (non-hydrogen) atoms. The van der Waals surface area contributed by atoms with Gasteiger partial charge in [-0.1, -0.05) is 19.9 Å². The first kappa shape index (κ1) is 14.9. The van der Waals surface area contributed by atoms with E-state index in [1.807, 2.05) is 0 Å². The van der Waals surface area contributed by atoms with Crippen LogP contribution in [0.15, 0.2) is 18.2 Å². The van der Waals surface area contributed by atoms with E-state index in [1.54, 1.807) is 0 Å². The van der Waals surface area contributed by atoms with Crippen molar-refractivity contribution >= 4 is 0 Å². The molecule has 0 radical (unpaired) electrons. The fourth-order valence-electron chi connectivity index (χ4n) is 1.60. The second-order valence-electron chi connectivity index (χ2n) is 5.22. The van der Waals surface area contributed by atoms with Gasteiger partial charge in [0.2, 0.25) is 0 Å². The molecule has 0 unspecified atom stereocenters. The maximum absolute atomic E-state index is 13.2. The van der Waals surface area contributed by atoms with E-state index in [9.17, 15) is 8.78 Å². The van der Waals surface area contributed by atoms with Gasteiger partial charge in [0, 0.05) is 0 Å². The zero-order valence-electron chi connectivity index (χ0n) is 11.0. The van der Waals surface area contributed by atoms with E-state index >= 15 is 0 Å². The quantitative estimate of drug-likeness (QED) is 0.759. The van der Waals surface area contributed by atoms with Gasteiger partial charge in [0.05, 0.1) is 6.61 Å². The number of ether oxygens (including phenoxy) is 1. The molecule has 0 fully saturated rings. The number of nitrogens with two attached hydrogens (primary N) is 1. The van der Waals surface area contributed by atoms with Crippen molar-refractivity contribution in [2.24, 2.45) is 11.1 Å². The summed E-state index contributed by atoms with van der Waals surface area (Å²) in [7, 11) is 0. The lowest BCUT2D eigenvalue weighted by molar-refractivity contribution is 0.259. The first-order valence-corrected chi connectivity index (χ1v) is 6.23. The first-order chi connectivity index (χ1) is 8.46. The van der Waals surface area contributed by atoms with E-state index in [0.29, 0.717) is 13.2 Å². The Kier molecular flexibility index (Phi) is 5.54. The summed E-state index contributed by atoms with van der Waals surface area (Å²) in [6.45, 7) is 5.16. The highest BCUT2D eigenvalue weighted by molar-refractivity contribution is 5.25. The minimum Gasteiger partial charge on any atom is -0.488 e. The van der Waals surface area contributed by atoms with Gasteiger partial charge < -0.3 is 10.5 Å². The average Bonchev–Trinajstić information content (AvgIpc) is 2.32. The summed E-state index contributed by atoms with van der Waals surface area (Å²) in [6, 6.07) is 3.70. The van der Waals surface area contributed by atoms with E-state index in [2.05, 4.69) is 13.8 Å². The summed E-state index contributed by atoms with van der Waals surface area (Å²) >= 11 is 0. The summed E-state index contributed by atoms with van der Waals surface area (Å²) in [5.41, 5.74) is 5.74. The van der Waals surface area contributed by atoms with Crippen LogP contribution < -0.4 is 10.5 Å². The van der Waals surface area contributed by atoms with Crippen molar-refractivity contribution < 1.29 is 13.5 Å². The molecular weight excluding hydrogens is 236 g/mol. The molecule has 0 amide bonds. The fourth-order valence-corrected chi connectivity index (χ4v) is 1.60. The number of benzene rings is 1. The third kappa shape index (κ3) is 4.61. The molecule has 0 saturated carbocycles.